The van der Waals surface area contributed by atoms with Crippen molar-refractivity contribution in [3.05, 3.63) is 83.9 Å². The van der Waals surface area contributed by atoms with Gasteiger partial charge in [-0.25, -0.2) is 9.59 Å². The zero-order chi connectivity index (χ0) is 55.1. The first-order chi connectivity index (χ1) is 36.0. The fourth-order valence-electron chi connectivity index (χ4n) is 8.27. The molecule has 8 atom stereocenters. The van der Waals surface area contributed by atoms with Crippen molar-refractivity contribution in [2.45, 2.75) is 115 Å². The van der Waals surface area contributed by atoms with Gasteiger partial charge in [-0.15, -0.1) is 0 Å². The number of aliphatic carboxylic acids is 1. The molecule has 2 heterocycles. The van der Waals surface area contributed by atoms with E-state index in [1.54, 1.807) is 11.8 Å². The van der Waals surface area contributed by atoms with Crippen LogP contribution in [0, 0.1) is 11.8 Å². The molecule has 2 aromatic rings. The Kier molecular flexibility index (Phi) is 30.1. The van der Waals surface area contributed by atoms with Crippen LogP contribution in [0.15, 0.2) is 72.8 Å². The van der Waals surface area contributed by atoms with Gasteiger partial charge >= 0.3 is 11.9 Å². The predicted molar refractivity (Wildman–Crippen MR) is 298 cm³/mol. The van der Waals surface area contributed by atoms with E-state index in [1.807, 2.05) is 121 Å². The number of carboxylic acids is 1. The minimum absolute atomic E-state index is 0.00878. The summed E-state index contributed by atoms with van der Waals surface area (Å²) in [5.74, 6) is -1.24. The Morgan fingerprint density at radius 2 is 1.07 bits per heavy atom. The van der Waals surface area contributed by atoms with Crippen molar-refractivity contribution < 1.29 is 48.2 Å². The maximum atomic E-state index is 13.0. The molecule has 75 heavy (non-hydrogen) atoms. The topological polar surface area (TPSA) is 245 Å². The minimum atomic E-state index is -1.05. The van der Waals surface area contributed by atoms with Crippen LogP contribution in [0.1, 0.15) is 90.2 Å². The SMILES string of the molecule is CC[C@H](C)[C@@H](CN(CC=Cc1ccccc1)CC(=O)N[C@@H](CCSC)C(=O)O)NC(=O)[C@@H]1CCC(=O)N1.CC[C@H](C)[C@@H](CN(CC=Cc1ccccc1)CC(=O)N[C@@H](CCSC)C(=O)OC)NC(=O)[C@@H]1CCC(=O)N1. The summed E-state index contributed by atoms with van der Waals surface area (Å²) in [5, 5.41) is 26.6. The number of carbonyl (C=O) groups is 8. The van der Waals surface area contributed by atoms with Gasteiger partial charge in [0.05, 0.1) is 20.2 Å². The average molecular weight is 1080 g/mol. The number of nitrogens with one attached hydrogen (secondary N) is 6. The molecule has 0 bridgehead atoms. The molecule has 0 saturated carbocycles. The molecule has 20 heteroatoms. The third kappa shape index (κ3) is 24.7. The number of ether oxygens (including phenoxy) is 1. The summed E-state index contributed by atoms with van der Waals surface area (Å²) in [6, 6.07) is 16.5. The Morgan fingerprint density at radius 3 is 1.41 bits per heavy atom. The van der Waals surface area contributed by atoms with Gasteiger partial charge in [0, 0.05) is 51.1 Å². The number of methoxy groups -OCH3 is 1. The quantitative estimate of drug-likeness (QED) is 0.0504. The van der Waals surface area contributed by atoms with Gasteiger partial charge in [-0.05, 0) is 72.7 Å². The van der Waals surface area contributed by atoms with Gasteiger partial charge in [0.1, 0.15) is 24.2 Å². The maximum absolute atomic E-state index is 13.0. The molecular weight excluding hydrogens is 997 g/mol. The van der Waals surface area contributed by atoms with E-state index in [4.69, 9.17) is 4.74 Å². The smallest absolute Gasteiger partial charge is 0.328 e. The van der Waals surface area contributed by atoms with Crippen LogP contribution in [-0.2, 0) is 43.1 Å². The van der Waals surface area contributed by atoms with Crippen LogP contribution in [0.25, 0.3) is 12.2 Å². The Labute approximate surface area is 452 Å². The lowest BCUT2D eigenvalue weighted by Gasteiger charge is -2.31. The van der Waals surface area contributed by atoms with Crippen LogP contribution in [0.5, 0.6) is 0 Å². The predicted octanol–water partition coefficient (Wildman–Crippen LogP) is 4.36. The first-order valence-corrected chi connectivity index (χ1v) is 28.7. The third-order valence-electron chi connectivity index (χ3n) is 13.2. The van der Waals surface area contributed by atoms with E-state index in [0.29, 0.717) is 76.2 Å². The lowest BCUT2D eigenvalue weighted by molar-refractivity contribution is -0.145. The van der Waals surface area contributed by atoms with Crippen LogP contribution in [0.3, 0.4) is 0 Å². The molecule has 2 aliphatic heterocycles. The molecule has 0 radical (unpaired) electrons. The summed E-state index contributed by atoms with van der Waals surface area (Å²) in [7, 11) is 1.31. The number of carboxylic acid groups (broad SMARTS) is 1. The second-order valence-electron chi connectivity index (χ2n) is 19.0. The highest BCUT2D eigenvalue weighted by molar-refractivity contribution is 7.98. The van der Waals surface area contributed by atoms with E-state index < -0.39 is 36.1 Å². The van der Waals surface area contributed by atoms with Gasteiger partial charge in [-0.3, -0.25) is 38.6 Å². The number of carbonyl (C=O) groups excluding carboxylic acids is 7. The number of nitrogens with zero attached hydrogens (tertiary/aromatic N) is 2. The normalized spacial score (nSPS) is 17.7. The molecular formula is C55H82N8O10S2. The Hall–Kier alpha value is -5.70. The molecule has 18 nitrogen and oxygen atoms in total. The van der Waals surface area contributed by atoms with Crippen LogP contribution < -0.4 is 31.9 Å². The molecule has 0 unspecified atom stereocenters. The van der Waals surface area contributed by atoms with Gasteiger partial charge in [-0.2, -0.15) is 23.5 Å². The van der Waals surface area contributed by atoms with Crippen LogP contribution in [0.4, 0.5) is 0 Å². The standard InChI is InChI=1S/C28H42N4O5S.C27H40N4O5S/c1-5-20(2)24(31-27(35)22-13-14-25(33)29-22)18-32(16-9-12-21-10-7-6-8-11-21)19-26(34)30-23(15-17-38-4)28(36)37-3;1-4-19(2)23(30-26(34)21-12-13-24(32)28-21)17-31(15-8-11-20-9-6-5-7-10-20)18-25(33)29-22(27(35)36)14-16-37-3/h6-12,20,22-24H,5,13-19H2,1-4H3,(H,29,33)(H,30,34)(H,31,35);5-11,19,21-23H,4,12-18H2,1-3H3,(H,28,32)(H,29,33)(H,30,34)(H,35,36)/t20-,22-,23-,24+;19-,21-,22-,23+/m00/s1. The summed E-state index contributed by atoms with van der Waals surface area (Å²) in [5.41, 5.74) is 2.07. The van der Waals surface area contributed by atoms with E-state index in [1.165, 1.54) is 18.9 Å². The first kappa shape index (κ1) is 63.6. The lowest BCUT2D eigenvalue weighted by Crippen LogP contribution is -2.54. The number of thioether (sulfide) groups is 2. The van der Waals surface area contributed by atoms with Crippen molar-refractivity contribution in [3.63, 3.8) is 0 Å². The highest BCUT2D eigenvalue weighted by atomic mass is 32.2. The fourth-order valence-corrected chi connectivity index (χ4v) is 9.21. The van der Waals surface area contributed by atoms with Crippen LogP contribution in [-0.4, -0.2) is 169 Å². The summed E-state index contributed by atoms with van der Waals surface area (Å²) in [6.07, 6.45) is 15.8. The largest absolute Gasteiger partial charge is 0.480 e. The number of hydrogen-bond acceptors (Lipinski definition) is 13. The summed E-state index contributed by atoms with van der Waals surface area (Å²) >= 11 is 3.12. The maximum Gasteiger partial charge on any atom is 0.328 e. The Morgan fingerprint density at radius 1 is 0.667 bits per heavy atom. The van der Waals surface area contributed by atoms with Gasteiger partial charge in [0.25, 0.3) is 0 Å². The number of amides is 6. The van der Waals surface area contributed by atoms with E-state index >= 15 is 0 Å². The summed E-state index contributed by atoms with van der Waals surface area (Å²) in [4.78, 5) is 102. The van der Waals surface area contributed by atoms with E-state index in [-0.39, 0.29) is 72.5 Å². The van der Waals surface area contributed by atoms with Crippen LogP contribution in [0.2, 0.25) is 0 Å². The number of benzene rings is 2. The van der Waals surface area contributed by atoms with Gasteiger partial charge < -0.3 is 41.7 Å². The molecule has 2 aromatic carbocycles. The molecule has 6 amide bonds. The molecule has 0 aromatic heterocycles. The summed E-state index contributed by atoms with van der Waals surface area (Å²) in [6.45, 7) is 9.98. The van der Waals surface area contributed by atoms with Gasteiger partial charge in [0.2, 0.25) is 35.4 Å². The zero-order valence-electron chi connectivity index (χ0n) is 44.8. The lowest BCUT2D eigenvalue weighted by atomic mass is 9.97. The van der Waals surface area contributed by atoms with Crippen molar-refractivity contribution in [1.29, 1.82) is 0 Å². The van der Waals surface area contributed by atoms with Crippen molar-refractivity contribution in [2.24, 2.45) is 11.8 Å². The van der Waals surface area contributed by atoms with E-state index in [0.717, 1.165) is 24.0 Å². The molecule has 0 spiro atoms. The molecule has 2 aliphatic rings. The van der Waals surface area contributed by atoms with Gasteiger partial charge in [0.15, 0.2) is 0 Å². The molecule has 4 rings (SSSR count). The molecule has 2 saturated heterocycles. The van der Waals surface area contributed by atoms with Crippen molar-refractivity contribution in [3.8, 4) is 0 Å². The highest BCUT2D eigenvalue weighted by Gasteiger charge is 2.33. The number of hydrogen-bond donors (Lipinski definition) is 7. The Bertz CT molecular complexity index is 2170. The highest BCUT2D eigenvalue weighted by Crippen LogP contribution is 2.16. The zero-order valence-corrected chi connectivity index (χ0v) is 46.5. The van der Waals surface area contributed by atoms with E-state index in [2.05, 4.69) is 45.7 Å². The Balaban J connectivity index is 0.000000395. The minimum Gasteiger partial charge on any atom is -0.480 e. The molecule has 2 fully saturated rings. The molecule has 7 N–H and O–H groups in total. The van der Waals surface area contributed by atoms with Crippen molar-refractivity contribution in [1.82, 2.24) is 41.7 Å². The average Bonchev–Trinajstić information content (AvgIpc) is 4.06. The fraction of sp³-hybridized carbons (Fsp3) is 0.564. The third-order valence-corrected chi connectivity index (χ3v) is 14.5. The van der Waals surface area contributed by atoms with E-state index in [9.17, 15) is 43.5 Å². The number of rotatable bonds is 32. The second kappa shape index (κ2) is 35.5. The van der Waals surface area contributed by atoms with Crippen LogP contribution >= 0.6 is 23.5 Å². The number of esters is 1. The monoisotopic (exact) mass is 1080 g/mol. The summed E-state index contributed by atoms with van der Waals surface area (Å²) < 4.78 is 4.87. The van der Waals surface area contributed by atoms with Gasteiger partial charge in [-0.1, -0.05) is 126 Å². The first-order valence-electron chi connectivity index (χ1n) is 25.9. The van der Waals surface area contributed by atoms with Crippen molar-refractivity contribution >= 4 is 83.1 Å². The van der Waals surface area contributed by atoms with Crippen molar-refractivity contribution in [2.75, 3.05) is 70.4 Å². The molecule has 0 aliphatic carbocycles. The second-order valence-corrected chi connectivity index (χ2v) is 21.0. The molecule has 414 valence electrons.